The first kappa shape index (κ1) is 15.7. The first-order valence-corrected chi connectivity index (χ1v) is 6.65. The third kappa shape index (κ3) is 5.04. The fourth-order valence-corrected chi connectivity index (χ4v) is 1.69. The zero-order chi connectivity index (χ0) is 14.4. The van der Waals surface area contributed by atoms with Crippen LogP contribution in [0, 0.1) is 5.92 Å². The maximum Gasteiger partial charge on any atom is 0.337 e. The van der Waals surface area contributed by atoms with Crippen LogP contribution in [0.4, 0.5) is 5.69 Å². The Morgan fingerprint density at radius 1 is 1.47 bits per heavy atom. The van der Waals surface area contributed by atoms with E-state index in [2.05, 4.69) is 29.2 Å². The molecule has 1 aromatic rings. The van der Waals surface area contributed by atoms with Crippen LogP contribution in [-0.4, -0.2) is 24.7 Å². The first-order chi connectivity index (χ1) is 8.93. The molecule has 19 heavy (non-hydrogen) atoms. The molecule has 0 atom stereocenters. The van der Waals surface area contributed by atoms with Gasteiger partial charge in [-0.1, -0.05) is 25.4 Å². The molecular weight excluding hydrogens is 284 g/mol. The zero-order valence-electron chi connectivity index (χ0n) is 11.1. The fraction of sp³-hybridized carbons (Fsp3) is 0.385. The molecule has 0 bridgehead atoms. The van der Waals surface area contributed by atoms with E-state index in [0.29, 0.717) is 27.3 Å². The average molecular weight is 301 g/mol. The SMILES string of the molecule is COC(=O)c1ccc(Cl)c(NC(=S)NCC(C)C)c1. The Hall–Kier alpha value is -1.33. The maximum absolute atomic E-state index is 11.4. The van der Waals surface area contributed by atoms with Crippen molar-refractivity contribution >= 4 is 40.6 Å². The molecule has 0 fully saturated rings. The van der Waals surface area contributed by atoms with Gasteiger partial charge in [0, 0.05) is 6.54 Å². The van der Waals surface area contributed by atoms with Gasteiger partial charge in [0.25, 0.3) is 0 Å². The van der Waals surface area contributed by atoms with Gasteiger partial charge in [0.15, 0.2) is 5.11 Å². The Balaban J connectivity index is 2.77. The molecule has 0 aliphatic rings. The van der Waals surface area contributed by atoms with Crippen LogP contribution >= 0.6 is 23.8 Å². The number of benzene rings is 1. The summed E-state index contributed by atoms with van der Waals surface area (Å²) in [4.78, 5) is 11.4. The average Bonchev–Trinajstić information content (AvgIpc) is 2.38. The number of thiocarbonyl (C=S) groups is 1. The van der Waals surface area contributed by atoms with Gasteiger partial charge >= 0.3 is 5.97 Å². The van der Waals surface area contributed by atoms with Crippen molar-refractivity contribution in [2.45, 2.75) is 13.8 Å². The van der Waals surface area contributed by atoms with Crippen molar-refractivity contribution in [3.05, 3.63) is 28.8 Å². The number of hydrogen-bond acceptors (Lipinski definition) is 3. The van der Waals surface area contributed by atoms with Crippen LogP contribution in [0.5, 0.6) is 0 Å². The molecule has 6 heteroatoms. The van der Waals surface area contributed by atoms with E-state index in [0.717, 1.165) is 6.54 Å². The van der Waals surface area contributed by atoms with Crippen LogP contribution in [0.1, 0.15) is 24.2 Å². The number of halogens is 1. The minimum Gasteiger partial charge on any atom is -0.465 e. The van der Waals surface area contributed by atoms with Crippen LogP contribution in [0.2, 0.25) is 5.02 Å². The van der Waals surface area contributed by atoms with E-state index in [1.165, 1.54) is 7.11 Å². The molecule has 0 saturated carbocycles. The highest BCUT2D eigenvalue weighted by Crippen LogP contribution is 2.23. The molecule has 0 radical (unpaired) electrons. The Kier molecular flexibility index (Phi) is 6.05. The van der Waals surface area contributed by atoms with Crippen LogP contribution in [-0.2, 0) is 4.74 Å². The largest absolute Gasteiger partial charge is 0.465 e. The van der Waals surface area contributed by atoms with Crippen molar-refractivity contribution in [3.8, 4) is 0 Å². The van der Waals surface area contributed by atoms with Gasteiger partial charge in [-0.25, -0.2) is 4.79 Å². The summed E-state index contributed by atoms with van der Waals surface area (Å²) in [5.74, 6) is 0.0670. The molecule has 104 valence electrons. The lowest BCUT2D eigenvalue weighted by Crippen LogP contribution is -2.31. The predicted molar refractivity (Wildman–Crippen MR) is 81.9 cm³/mol. The number of methoxy groups -OCH3 is 1. The number of nitrogens with one attached hydrogen (secondary N) is 2. The van der Waals surface area contributed by atoms with Gasteiger partial charge in [-0.2, -0.15) is 0 Å². The summed E-state index contributed by atoms with van der Waals surface area (Å²) in [5, 5.41) is 6.99. The third-order valence-electron chi connectivity index (χ3n) is 2.31. The Morgan fingerprint density at radius 3 is 2.74 bits per heavy atom. The standard InChI is InChI=1S/C13H17ClN2O2S/c1-8(2)7-15-13(19)16-11-6-9(12(17)18-3)4-5-10(11)14/h4-6,8H,7H2,1-3H3,(H2,15,16,19). The summed E-state index contributed by atoms with van der Waals surface area (Å²) in [6, 6.07) is 4.84. The van der Waals surface area contributed by atoms with Gasteiger partial charge in [0.1, 0.15) is 0 Å². The topological polar surface area (TPSA) is 50.4 Å². The molecule has 0 unspecified atom stereocenters. The molecule has 0 aliphatic carbocycles. The molecule has 0 aromatic heterocycles. The van der Waals surface area contributed by atoms with Gasteiger partial charge < -0.3 is 15.4 Å². The second-order valence-corrected chi connectivity index (χ2v) is 5.23. The van der Waals surface area contributed by atoms with E-state index in [-0.39, 0.29) is 0 Å². The quantitative estimate of drug-likeness (QED) is 0.661. The molecular formula is C13H17ClN2O2S. The lowest BCUT2D eigenvalue weighted by atomic mass is 10.2. The van der Waals surface area contributed by atoms with E-state index in [1.54, 1.807) is 18.2 Å². The fourth-order valence-electron chi connectivity index (χ4n) is 1.33. The van der Waals surface area contributed by atoms with E-state index < -0.39 is 5.97 Å². The van der Waals surface area contributed by atoms with Crippen molar-refractivity contribution < 1.29 is 9.53 Å². The van der Waals surface area contributed by atoms with Crippen molar-refractivity contribution in [2.75, 3.05) is 19.0 Å². The van der Waals surface area contributed by atoms with E-state index in [4.69, 9.17) is 23.8 Å². The highest BCUT2D eigenvalue weighted by molar-refractivity contribution is 7.80. The summed E-state index contributed by atoms with van der Waals surface area (Å²) in [5.41, 5.74) is 0.992. The highest BCUT2D eigenvalue weighted by Gasteiger charge is 2.10. The second kappa shape index (κ2) is 7.31. The van der Waals surface area contributed by atoms with Gasteiger partial charge in [-0.3, -0.25) is 0 Å². The molecule has 2 N–H and O–H groups in total. The van der Waals surface area contributed by atoms with Gasteiger partial charge in [-0.15, -0.1) is 0 Å². The number of hydrogen-bond donors (Lipinski definition) is 2. The number of esters is 1. The van der Waals surface area contributed by atoms with Gasteiger partial charge in [-0.05, 0) is 36.3 Å². The van der Waals surface area contributed by atoms with Gasteiger partial charge in [0.05, 0.1) is 23.4 Å². The number of rotatable bonds is 4. The van der Waals surface area contributed by atoms with Crippen LogP contribution in [0.15, 0.2) is 18.2 Å². The summed E-state index contributed by atoms with van der Waals surface area (Å²) in [6.07, 6.45) is 0. The summed E-state index contributed by atoms with van der Waals surface area (Å²) in [6.45, 7) is 4.93. The number of carbonyl (C=O) groups is 1. The van der Waals surface area contributed by atoms with Crippen molar-refractivity contribution in [1.82, 2.24) is 5.32 Å². The molecule has 0 aliphatic heterocycles. The first-order valence-electron chi connectivity index (χ1n) is 5.86. The molecule has 0 heterocycles. The summed E-state index contributed by atoms with van der Waals surface area (Å²) in [7, 11) is 1.33. The number of ether oxygens (including phenoxy) is 1. The Morgan fingerprint density at radius 2 is 2.16 bits per heavy atom. The van der Waals surface area contributed by atoms with E-state index >= 15 is 0 Å². The van der Waals surface area contributed by atoms with E-state index in [9.17, 15) is 4.79 Å². The predicted octanol–water partition coefficient (Wildman–Crippen LogP) is 3.07. The summed E-state index contributed by atoms with van der Waals surface area (Å²) >= 11 is 11.2. The molecule has 0 amide bonds. The number of carbonyl (C=O) groups excluding carboxylic acids is 1. The van der Waals surface area contributed by atoms with Gasteiger partial charge in [0.2, 0.25) is 0 Å². The number of anilines is 1. The van der Waals surface area contributed by atoms with Crippen LogP contribution in [0.3, 0.4) is 0 Å². The van der Waals surface area contributed by atoms with Crippen molar-refractivity contribution in [3.63, 3.8) is 0 Å². The molecule has 0 spiro atoms. The van der Waals surface area contributed by atoms with Crippen LogP contribution < -0.4 is 10.6 Å². The molecule has 0 saturated heterocycles. The molecule has 4 nitrogen and oxygen atoms in total. The molecule has 1 rings (SSSR count). The molecule has 1 aromatic carbocycles. The normalized spacial score (nSPS) is 10.2. The monoisotopic (exact) mass is 300 g/mol. The minimum atomic E-state index is -0.416. The lowest BCUT2D eigenvalue weighted by Gasteiger charge is -2.13. The van der Waals surface area contributed by atoms with E-state index in [1.807, 2.05) is 0 Å². The third-order valence-corrected chi connectivity index (χ3v) is 2.88. The second-order valence-electron chi connectivity index (χ2n) is 4.42. The smallest absolute Gasteiger partial charge is 0.337 e. The summed E-state index contributed by atoms with van der Waals surface area (Å²) < 4.78 is 4.66. The lowest BCUT2D eigenvalue weighted by molar-refractivity contribution is 0.0601. The zero-order valence-corrected chi connectivity index (χ0v) is 12.7. The van der Waals surface area contributed by atoms with Crippen molar-refractivity contribution in [1.29, 1.82) is 0 Å². The van der Waals surface area contributed by atoms with Crippen LogP contribution in [0.25, 0.3) is 0 Å². The maximum atomic E-state index is 11.4. The Bertz CT molecular complexity index is 478. The Labute approximate surface area is 123 Å². The minimum absolute atomic E-state index is 0.416. The highest BCUT2D eigenvalue weighted by atomic mass is 35.5. The van der Waals surface area contributed by atoms with Crippen molar-refractivity contribution in [2.24, 2.45) is 5.92 Å².